The first-order chi connectivity index (χ1) is 14.7. The number of sulfone groups is 1. The number of aryl methyl sites for hydroxylation is 2. The first kappa shape index (κ1) is 23.0. The number of nitrogens with one attached hydrogen (secondary N) is 1. The van der Waals surface area contributed by atoms with Crippen molar-refractivity contribution in [3.63, 3.8) is 0 Å². The van der Waals surface area contributed by atoms with Crippen LogP contribution in [0.1, 0.15) is 54.1 Å². The zero-order valence-corrected chi connectivity index (χ0v) is 19.2. The summed E-state index contributed by atoms with van der Waals surface area (Å²) in [5.74, 6) is -0.621. The van der Waals surface area contributed by atoms with Gasteiger partial charge in [0.25, 0.3) is 5.91 Å². The van der Waals surface area contributed by atoms with Gasteiger partial charge in [0.2, 0.25) is 5.91 Å². The maximum absolute atomic E-state index is 12.8. The second-order valence-electron chi connectivity index (χ2n) is 8.30. The van der Waals surface area contributed by atoms with Crippen molar-refractivity contribution in [2.24, 2.45) is 0 Å². The third kappa shape index (κ3) is 5.73. The molecule has 1 unspecified atom stereocenters. The van der Waals surface area contributed by atoms with Crippen LogP contribution in [0.4, 0.5) is 5.69 Å². The molecule has 1 aliphatic heterocycles. The maximum Gasteiger partial charge on any atom is 0.254 e. The molecule has 7 heteroatoms. The van der Waals surface area contributed by atoms with Crippen LogP contribution in [0, 0.1) is 13.8 Å². The number of likely N-dealkylation sites (tertiary alicyclic amines) is 1. The predicted octanol–water partition coefficient (Wildman–Crippen LogP) is 4.12. The Morgan fingerprint density at radius 1 is 1.06 bits per heavy atom. The fourth-order valence-corrected chi connectivity index (χ4v) is 5.05. The molecule has 2 amide bonds. The Bertz CT molecular complexity index is 1060. The Kier molecular flexibility index (Phi) is 7.15. The number of hydrogen-bond donors (Lipinski definition) is 1. The number of nitrogens with zero attached hydrogens (tertiary/aromatic N) is 1. The van der Waals surface area contributed by atoms with Crippen LogP contribution in [0.5, 0.6) is 0 Å². The number of piperidine rings is 1. The molecule has 0 saturated carbocycles. The Balaban J connectivity index is 1.61. The minimum Gasteiger partial charge on any atom is -0.336 e. The average molecular weight is 443 g/mol. The second-order valence-corrected chi connectivity index (χ2v) is 10.4. The first-order valence-corrected chi connectivity index (χ1v) is 12.3. The van der Waals surface area contributed by atoms with Gasteiger partial charge in [-0.25, -0.2) is 8.42 Å². The van der Waals surface area contributed by atoms with Crippen molar-refractivity contribution in [1.29, 1.82) is 0 Å². The van der Waals surface area contributed by atoms with Gasteiger partial charge < -0.3 is 10.2 Å². The summed E-state index contributed by atoms with van der Waals surface area (Å²) >= 11 is 0. The lowest BCUT2D eigenvalue weighted by Gasteiger charge is -2.33. The molecule has 1 fully saturated rings. The van der Waals surface area contributed by atoms with Gasteiger partial charge in [0.1, 0.15) is 0 Å². The molecule has 1 saturated heterocycles. The molecule has 166 valence electrons. The number of carbonyl (C=O) groups excluding carboxylic acids is 2. The second kappa shape index (κ2) is 9.64. The smallest absolute Gasteiger partial charge is 0.254 e. The van der Waals surface area contributed by atoms with Gasteiger partial charge in [-0.3, -0.25) is 9.59 Å². The van der Waals surface area contributed by atoms with E-state index in [1.165, 1.54) is 0 Å². The van der Waals surface area contributed by atoms with E-state index in [0.717, 1.165) is 36.9 Å². The van der Waals surface area contributed by atoms with Crippen molar-refractivity contribution in [3.8, 4) is 0 Å². The van der Waals surface area contributed by atoms with E-state index < -0.39 is 9.84 Å². The molecule has 0 bridgehead atoms. The average Bonchev–Trinajstić information content (AvgIpc) is 2.74. The summed E-state index contributed by atoms with van der Waals surface area (Å²) in [4.78, 5) is 27.3. The van der Waals surface area contributed by atoms with Crippen molar-refractivity contribution >= 4 is 27.3 Å². The Hall–Kier alpha value is -2.67. The number of carbonyl (C=O) groups is 2. The number of rotatable bonds is 6. The fraction of sp³-hybridized carbons (Fsp3) is 0.417. The third-order valence-corrected chi connectivity index (χ3v) is 7.52. The monoisotopic (exact) mass is 442 g/mol. The van der Waals surface area contributed by atoms with Gasteiger partial charge in [0, 0.05) is 30.3 Å². The summed E-state index contributed by atoms with van der Waals surface area (Å²) in [6.45, 7) is 6.56. The molecule has 3 rings (SSSR count). The largest absolute Gasteiger partial charge is 0.336 e. The maximum atomic E-state index is 12.8. The van der Waals surface area contributed by atoms with Crippen LogP contribution in [0.15, 0.2) is 47.4 Å². The zero-order chi connectivity index (χ0) is 22.6. The SMILES string of the molecule is Cc1ccc(S(=O)(=O)CCC(=O)Nc2ccc(C(=O)N3CCCCC3C)cc2C)cc1. The lowest BCUT2D eigenvalue weighted by atomic mass is 10.0. The van der Waals surface area contributed by atoms with Gasteiger partial charge >= 0.3 is 0 Å². The van der Waals surface area contributed by atoms with Gasteiger partial charge in [-0.05, 0) is 75.9 Å². The van der Waals surface area contributed by atoms with E-state index in [2.05, 4.69) is 12.2 Å². The molecule has 2 aromatic carbocycles. The van der Waals surface area contributed by atoms with Crippen molar-refractivity contribution in [2.75, 3.05) is 17.6 Å². The Morgan fingerprint density at radius 2 is 1.77 bits per heavy atom. The number of amides is 2. The number of benzene rings is 2. The summed E-state index contributed by atoms with van der Waals surface area (Å²) in [5, 5.41) is 2.77. The predicted molar refractivity (Wildman–Crippen MR) is 122 cm³/mol. The normalized spacial score (nSPS) is 16.7. The highest BCUT2D eigenvalue weighted by Crippen LogP contribution is 2.22. The van der Waals surface area contributed by atoms with Gasteiger partial charge in [-0.1, -0.05) is 17.7 Å². The number of anilines is 1. The molecular formula is C24H30N2O4S. The van der Waals surface area contributed by atoms with Crippen molar-refractivity contribution in [1.82, 2.24) is 4.90 Å². The molecule has 2 aromatic rings. The van der Waals surface area contributed by atoms with Crippen LogP contribution in [0.25, 0.3) is 0 Å². The van der Waals surface area contributed by atoms with E-state index in [-0.39, 0.29) is 34.9 Å². The highest BCUT2D eigenvalue weighted by Gasteiger charge is 2.24. The Morgan fingerprint density at radius 3 is 2.42 bits per heavy atom. The van der Waals surface area contributed by atoms with Crippen LogP contribution in [-0.4, -0.2) is 43.5 Å². The summed E-state index contributed by atoms with van der Waals surface area (Å²) in [7, 11) is -3.52. The van der Waals surface area contributed by atoms with Gasteiger partial charge in [0.15, 0.2) is 9.84 Å². The first-order valence-electron chi connectivity index (χ1n) is 10.7. The van der Waals surface area contributed by atoms with Gasteiger partial charge in [0.05, 0.1) is 10.6 Å². The molecule has 0 radical (unpaired) electrons. The Labute approximate surface area is 184 Å². The summed E-state index contributed by atoms with van der Waals surface area (Å²) in [5.41, 5.74) is 2.93. The van der Waals surface area contributed by atoms with Crippen LogP contribution in [0.3, 0.4) is 0 Å². The summed E-state index contributed by atoms with van der Waals surface area (Å²) in [6.07, 6.45) is 3.05. The summed E-state index contributed by atoms with van der Waals surface area (Å²) in [6, 6.07) is 12.0. The highest BCUT2D eigenvalue weighted by molar-refractivity contribution is 7.91. The molecule has 1 heterocycles. The minimum atomic E-state index is -3.52. The van der Waals surface area contributed by atoms with Crippen LogP contribution < -0.4 is 5.32 Å². The lowest BCUT2D eigenvalue weighted by molar-refractivity contribution is -0.115. The molecule has 1 N–H and O–H groups in total. The standard InChI is InChI=1S/C24H30N2O4S/c1-17-7-10-21(11-8-17)31(29,30)15-13-23(27)25-22-12-9-20(16-18(22)2)24(28)26-14-5-4-6-19(26)3/h7-12,16,19H,4-6,13-15H2,1-3H3,(H,25,27). The van der Waals surface area contributed by atoms with E-state index in [0.29, 0.717) is 11.3 Å². The highest BCUT2D eigenvalue weighted by atomic mass is 32.2. The minimum absolute atomic E-state index is 0.0115. The van der Waals surface area contributed by atoms with E-state index in [1.54, 1.807) is 42.5 Å². The van der Waals surface area contributed by atoms with E-state index >= 15 is 0 Å². The van der Waals surface area contributed by atoms with Crippen molar-refractivity contribution in [2.45, 2.75) is 57.4 Å². The van der Waals surface area contributed by atoms with Gasteiger partial charge in [-0.15, -0.1) is 0 Å². The third-order valence-electron chi connectivity index (χ3n) is 5.79. The molecule has 31 heavy (non-hydrogen) atoms. The molecule has 0 aliphatic carbocycles. The van der Waals surface area contributed by atoms with Crippen LogP contribution >= 0.6 is 0 Å². The fourth-order valence-electron chi connectivity index (χ4n) is 3.81. The zero-order valence-electron chi connectivity index (χ0n) is 18.3. The van der Waals surface area contributed by atoms with Crippen LogP contribution in [0.2, 0.25) is 0 Å². The quantitative estimate of drug-likeness (QED) is 0.729. The van der Waals surface area contributed by atoms with E-state index in [9.17, 15) is 18.0 Å². The lowest BCUT2D eigenvalue weighted by Crippen LogP contribution is -2.42. The topological polar surface area (TPSA) is 83.5 Å². The molecule has 0 aromatic heterocycles. The van der Waals surface area contributed by atoms with E-state index in [4.69, 9.17) is 0 Å². The molecule has 1 aliphatic rings. The summed E-state index contributed by atoms with van der Waals surface area (Å²) < 4.78 is 24.9. The van der Waals surface area contributed by atoms with Crippen molar-refractivity contribution in [3.05, 3.63) is 59.2 Å². The van der Waals surface area contributed by atoms with E-state index in [1.807, 2.05) is 18.7 Å². The molecule has 0 spiro atoms. The van der Waals surface area contributed by atoms with Crippen LogP contribution in [-0.2, 0) is 14.6 Å². The molecule has 6 nitrogen and oxygen atoms in total. The van der Waals surface area contributed by atoms with Crippen molar-refractivity contribution < 1.29 is 18.0 Å². The van der Waals surface area contributed by atoms with Gasteiger partial charge in [-0.2, -0.15) is 0 Å². The molecular weight excluding hydrogens is 412 g/mol. The molecule has 1 atom stereocenters. The number of hydrogen-bond acceptors (Lipinski definition) is 4.